The number of ether oxygens (including phenoxy) is 2. The fraction of sp³-hybridized carbons (Fsp3) is 0.300. The number of nitriles is 1. The average molecular weight is 402 g/mol. The lowest BCUT2D eigenvalue weighted by molar-refractivity contribution is 0.164. The Balaban J connectivity index is 2.56. The lowest BCUT2D eigenvalue weighted by atomic mass is 10.1. The molecule has 1 aliphatic rings. The Morgan fingerprint density at radius 3 is 2.94 bits per heavy atom. The second kappa shape index (κ2) is 6.14. The molecule has 1 aromatic rings. The summed E-state index contributed by atoms with van der Waals surface area (Å²) in [6.45, 7) is 0.643. The molecule has 0 fully saturated rings. The summed E-state index contributed by atoms with van der Waals surface area (Å²) in [6, 6.07) is 3.19. The molecule has 8 heteroatoms. The van der Waals surface area contributed by atoms with E-state index >= 15 is 0 Å². The number of benzene rings is 1. The molecule has 0 saturated heterocycles. The monoisotopic (exact) mass is 401 g/mol. The van der Waals surface area contributed by atoms with Crippen LogP contribution in [0.4, 0.5) is 4.39 Å². The maximum Gasteiger partial charge on any atom is 0.191 e. The summed E-state index contributed by atoms with van der Waals surface area (Å²) in [4.78, 5) is 0. The molecule has 1 unspecified atom stereocenters. The van der Waals surface area contributed by atoms with Crippen molar-refractivity contribution in [2.24, 2.45) is 0 Å². The molecule has 0 bridgehead atoms. The van der Waals surface area contributed by atoms with Crippen LogP contribution in [-0.2, 0) is 4.18 Å². The summed E-state index contributed by atoms with van der Waals surface area (Å²) in [5.74, 6) is -0.219. The van der Waals surface area contributed by atoms with Gasteiger partial charge >= 0.3 is 0 Å². The Labute approximate surface area is 124 Å². The second-order valence-electron chi connectivity index (χ2n) is 3.28. The molecule has 1 atom stereocenters. The zero-order valence-corrected chi connectivity index (χ0v) is 12.5. The van der Waals surface area contributed by atoms with E-state index in [-0.39, 0.29) is 22.9 Å². The van der Waals surface area contributed by atoms with Gasteiger partial charge in [-0.1, -0.05) is 11.6 Å². The van der Waals surface area contributed by atoms with E-state index in [4.69, 9.17) is 30.5 Å². The number of nitrogens with zero attached hydrogens (tertiary/aromatic N) is 1. The average Bonchev–Trinajstić information content (AvgIpc) is 2.38. The molecular weight excluding hydrogens is 396 g/mol. The van der Waals surface area contributed by atoms with Crippen LogP contribution in [0.2, 0.25) is 5.02 Å². The van der Waals surface area contributed by atoms with Gasteiger partial charge in [-0.3, -0.25) is 4.18 Å². The normalized spacial score (nSPS) is 15.0. The first kappa shape index (κ1) is 14.0. The van der Waals surface area contributed by atoms with Crippen LogP contribution in [0.25, 0.3) is 0 Å². The van der Waals surface area contributed by atoms with Gasteiger partial charge in [0, 0.05) is 27.3 Å². The van der Waals surface area contributed by atoms with E-state index < -0.39 is 11.9 Å². The van der Waals surface area contributed by atoms with Crippen LogP contribution in [0.1, 0.15) is 11.7 Å². The molecule has 1 aliphatic heterocycles. The third kappa shape index (κ3) is 2.61. The van der Waals surface area contributed by atoms with E-state index in [1.165, 1.54) is 6.07 Å². The highest BCUT2D eigenvalue weighted by molar-refractivity contribution is 14.2. The molecule has 0 saturated carbocycles. The molecule has 0 radical (unpaired) electrons. The molecule has 18 heavy (non-hydrogen) atoms. The van der Waals surface area contributed by atoms with Gasteiger partial charge in [0.1, 0.15) is 19.3 Å². The quantitative estimate of drug-likeness (QED) is 0.569. The molecule has 0 aliphatic carbocycles. The molecule has 96 valence electrons. The summed E-state index contributed by atoms with van der Waals surface area (Å²) in [6.07, 6.45) is -1.11. The van der Waals surface area contributed by atoms with Crippen LogP contribution >= 0.6 is 42.0 Å². The van der Waals surface area contributed by atoms with Gasteiger partial charge < -0.3 is 9.47 Å². The van der Waals surface area contributed by atoms with Crippen LogP contribution in [0.3, 0.4) is 0 Å². The molecular formula is C10H6ClFINO3S. The number of hydrogen-bond acceptors (Lipinski definition) is 5. The van der Waals surface area contributed by atoms with Crippen molar-refractivity contribution >= 4 is 42.0 Å². The van der Waals surface area contributed by atoms with Crippen molar-refractivity contribution in [3.8, 4) is 17.6 Å². The minimum Gasteiger partial charge on any atom is -0.486 e. The zero-order valence-electron chi connectivity index (χ0n) is 8.78. The number of fused-ring (bicyclic) bond motifs is 1. The number of hydrogen-bond donors (Lipinski definition) is 0. The smallest absolute Gasteiger partial charge is 0.191 e. The minimum absolute atomic E-state index is 0.0242. The van der Waals surface area contributed by atoms with E-state index in [1.807, 2.05) is 27.3 Å². The van der Waals surface area contributed by atoms with Crippen molar-refractivity contribution in [2.75, 3.05) is 13.2 Å². The number of halogens is 3. The Kier molecular flexibility index (Phi) is 4.77. The predicted octanol–water partition coefficient (Wildman–Crippen LogP) is 3.83. The van der Waals surface area contributed by atoms with Gasteiger partial charge in [0.15, 0.2) is 23.4 Å². The standard InChI is InChI=1S/C10H6ClFINO3S/c11-5-3-6-10(16-2-1-15-6)8(9(5)12)7(4-14)17-18-13/h3,7H,1-2H2. The predicted molar refractivity (Wildman–Crippen MR) is 73.5 cm³/mol. The summed E-state index contributed by atoms with van der Waals surface area (Å²) in [7, 11) is 0.936. The first-order chi connectivity index (χ1) is 8.69. The molecule has 0 aromatic heterocycles. The molecule has 4 nitrogen and oxygen atoms in total. The van der Waals surface area contributed by atoms with Gasteiger partial charge in [-0.25, -0.2) is 4.39 Å². The highest BCUT2D eigenvalue weighted by Gasteiger charge is 2.29. The molecule has 0 spiro atoms. The van der Waals surface area contributed by atoms with Crippen LogP contribution in [0, 0.1) is 17.1 Å². The number of rotatable bonds is 3. The van der Waals surface area contributed by atoms with Gasteiger partial charge in [0.2, 0.25) is 0 Å². The van der Waals surface area contributed by atoms with E-state index in [0.29, 0.717) is 12.4 Å². The highest BCUT2D eigenvalue weighted by Crippen LogP contribution is 2.44. The first-order valence-corrected chi connectivity index (χ1v) is 8.46. The van der Waals surface area contributed by atoms with Gasteiger partial charge in [0.05, 0.1) is 19.8 Å². The molecule has 0 amide bonds. The van der Waals surface area contributed by atoms with Gasteiger partial charge in [0.25, 0.3) is 0 Å². The molecule has 2 rings (SSSR count). The van der Waals surface area contributed by atoms with E-state index in [2.05, 4.69) is 0 Å². The summed E-state index contributed by atoms with van der Waals surface area (Å²) in [5.41, 5.74) is -0.0242. The lowest BCUT2D eigenvalue weighted by Crippen LogP contribution is -2.18. The zero-order chi connectivity index (χ0) is 13.1. The molecule has 0 N–H and O–H groups in total. The SMILES string of the molecule is N#CC(OSI)c1c(F)c(Cl)cc2c1OCCO2. The van der Waals surface area contributed by atoms with Crippen molar-refractivity contribution in [1.29, 1.82) is 5.26 Å². The van der Waals surface area contributed by atoms with Gasteiger partial charge in [-0.2, -0.15) is 5.26 Å². The molecule has 1 heterocycles. The van der Waals surface area contributed by atoms with Gasteiger partial charge in [-0.15, -0.1) is 0 Å². The van der Waals surface area contributed by atoms with Crippen LogP contribution < -0.4 is 9.47 Å². The maximum atomic E-state index is 14.0. The van der Waals surface area contributed by atoms with Crippen molar-refractivity contribution in [2.45, 2.75) is 6.10 Å². The van der Waals surface area contributed by atoms with E-state index in [9.17, 15) is 4.39 Å². The Morgan fingerprint density at radius 2 is 2.28 bits per heavy atom. The first-order valence-electron chi connectivity index (χ1n) is 4.80. The Bertz CT molecular complexity index is 511. The third-order valence-corrected chi connectivity index (χ3v) is 3.43. The van der Waals surface area contributed by atoms with Crippen molar-refractivity contribution in [3.05, 3.63) is 22.5 Å². The fourth-order valence-corrected chi connectivity index (χ4v) is 2.60. The van der Waals surface area contributed by atoms with Crippen molar-refractivity contribution < 1.29 is 18.0 Å². The van der Waals surface area contributed by atoms with E-state index in [0.717, 1.165) is 9.21 Å². The Hall–Kier alpha value is -0.430. The van der Waals surface area contributed by atoms with E-state index in [1.54, 1.807) is 0 Å². The highest BCUT2D eigenvalue weighted by atomic mass is 127. The second-order valence-corrected chi connectivity index (χ2v) is 5.08. The largest absolute Gasteiger partial charge is 0.486 e. The topological polar surface area (TPSA) is 51.5 Å². The van der Waals surface area contributed by atoms with Gasteiger partial charge in [-0.05, 0) is 0 Å². The van der Waals surface area contributed by atoms with Crippen LogP contribution in [0.5, 0.6) is 11.5 Å². The minimum atomic E-state index is -1.11. The van der Waals surface area contributed by atoms with Crippen molar-refractivity contribution in [1.82, 2.24) is 0 Å². The Morgan fingerprint density at radius 1 is 1.56 bits per heavy atom. The van der Waals surface area contributed by atoms with Crippen LogP contribution in [0.15, 0.2) is 6.07 Å². The maximum absolute atomic E-state index is 14.0. The summed E-state index contributed by atoms with van der Waals surface area (Å²) in [5, 5.41) is 8.90. The molecule has 1 aromatic carbocycles. The summed E-state index contributed by atoms with van der Waals surface area (Å²) >= 11 is 7.61. The lowest BCUT2D eigenvalue weighted by Gasteiger charge is -2.23. The van der Waals surface area contributed by atoms with Crippen LogP contribution in [-0.4, -0.2) is 13.2 Å². The van der Waals surface area contributed by atoms with Crippen molar-refractivity contribution in [3.63, 3.8) is 0 Å². The third-order valence-electron chi connectivity index (χ3n) is 2.27. The fourth-order valence-electron chi connectivity index (χ4n) is 1.56. The summed E-state index contributed by atoms with van der Waals surface area (Å²) < 4.78 is 29.8.